The van der Waals surface area contributed by atoms with Crippen molar-refractivity contribution >= 4 is 32.8 Å². The topological polar surface area (TPSA) is 122 Å². The molecule has 2 heterocycles. The molecule has 0 unspecified atom stereocenters. The van der Waals surface area contributed by atoms with E-state index in [0.29, 0.717) is 17.5 Å². The first-order chi connectivity index (χ1) is 15.8. The Balaban J connectivity index is 1.81. The molecule has 4 N–H and O–H groups in total. The van der Waals surface area contributed by atoms with E-state index < -0.39 is 15.7 Å². The van der Waals surface area contributed by atoms with E-state index in [1.54, 1.807) is 54.3 Å². The molecule has 0 saturated carbocycles. The molecule has 0 atom stereocenters. The van der Waals surface area contributed by atoms with Gasteiger partial charge < -0.3 is 5.73 Å². The SMILES string of the molecule is Cc1c(N)c(S(=O)(=O)c2ccc(-c3cccs3)cc2)cc(C(=O)NO)c1Cc1cccnc1. The summed E-state index contributed by atoms with van der Waals surface area (Å²) in [4.78, 5) is 17.4. The highest BCUT2D eigenvalue weighted by Crippen LogP contribution is 2.34. The van der Waals surface area contributed by atoms with Gasteiger partial charge in [-0.2, -0.15) is 0 Å². The maximum absolute atomic E-state index is 13.5. The number of hydroxylamine groups is 1. The minimum Gasteiger partial charge on any atom is -0.397 e. The number of nitrogens with zero attached hydrogens (tertiary/aromatic N) is 1. The first-order valence-electron chi connectivity index (χ1n) is 9.97. The van der Waals surface area contributed by atoms with Gasteiger partial charge in [0.25, 0.3) is 5.91 Å². The molecule has 2 aromatic carbocycles. The summed E-state index contributed by atoms with van der Waals surface area (Å²) in [5.41, 5.74) is 10.7. The number of aromatic nitrogens is 1. The number of sulfone groups is 1. The number of anilines is 1. The van der Waals surface area contributed by atoms with Gasteiger partial charge in [0.05, 0.1) is 15.5 Å². The molecule has 0 aliphatic rings. The summed E-state index contributed by atoms with van der Waals surface area (Å²) in [6.07, 6.45) is 3.57. The average molecular weight is 480 g/mol. The van der Waals surface area contributed by atoms with Crippen LogP contribution in [0, 0.1) is 6.92 Å². The number of hydrogen-bond acceptors (Lipinski definition) is 7. The molecule has 0 fully saturated rings. The summed E-state index contributed by atoms with van der Waals surface area (Å²) in [6.45, 7) is 1.66. The predicted molar refractivity (Wildman–Crippen MR) is 127 cm³/mol. The summed E-state index contributed by atoms with van der Waals surface area (Å²) in [7, 11) is -4.03. The van der Waals surface area contributed by atoms with Crippen molar-refractivity contribution in [1.82, 2.24) is 10.5 Å². The molecule has 33 heavy (non-hydrogen) atoms. The summed E-state index contributed by atoms with van der Waals surface area (Å²) in [5.74, 6) is -0.818. The molecule has 0 aliphatic heterocycles. The van der Waals surface area contributed by atoms with Crippen LogP contribution in [0.15, 0.2) is 82.2 Å². The average Bonchev–Trinajstić information content (AvgIpc) is 3.37. The van der Waals surface area contributed by atoms with Crippen LogP contribution >= 0.6 is 11.3 Å². The van der Waals surface area contributed by atoms with Crippen LogP contribution in [0.3, 0.4) is 0 Å². The third kappa shape index (κ3) is 4.38. The lowest BCUT2D eigenvalue weighted by atomic mass is 9.94. The van der Waals surface area contributed by atoms with Crippen molar-refractivity contribution in [2.75, 3.05) is 5.73 Å². The van der Waals surface area contributed by atoms with Gasteiger partial charge in [-0.25, -0.2) is 13.9 Å². The Morgan fingerprint density at radius 2 is 1.91 bits per heavy atom. The zero-order chi connectivity index (χ0) is 23.6. The normalized spacial score (nSPS) is 11.3. The molecule has 0 radical (unpaired) electrons. The summed E-state index contributed by atoms with van der Waals surface area (Å²) >= 11 is 1.56. The molecule has 4 aromatic rings. The Hall–Kier alpha value is -3.53. The molecule has 4 rings (SSSR count). The fraction of sp³-hybridized carbons (Fsp3) is 0.0833. The zero-order valence-corrected chi connectivity index (χ0v) is 19.3. The lowest BCUT2D eigenvalue weighted by Gasteiger charge is -2.18. The van der Waals surface area contributed by atoms with Gasteiger partial charge in [-0.15, -0.1) is 11.3 Å². The predicted octanol–water partition coefficient (Wildman–Crippen LogP) is 4.24. The molecule has 0 spiro atoms. The third-order valence-corrected chi connectivity index (χ3v) is 8.16. The van der Waals surface area contributed by atoms with E-state index in [2.05, 4.69) is 4.98 Å². The highest BCUT2D eigenvalue weighted by atomic mass is 32.2. The van der Waals surface area contributed by atoms with Gasteiger partial charge in [-0.3, -0.25) is 15.0 Å². The monoisotopic (exact) mass is 479 g/mol. The van der Waals surface area contributed by atoms with E-state index in [1.165, 1.54) is 18.2 Å². The minimum absolute atomic E-state index is 0.0295. The van der Waals surface area contributed by atoms with Crippen LogP contribution in [0.5, 0.6) is 0 Å². The van der Waals surface area contributed by atoms with Crippen LogP contribution in [0.1, 0.15) is 27.0 Å². The number of pyridine rings is 1. The summed E-state index contributed by atoms with van der Waals surface area (Å²) in [6, 6.07) is 15.2. The number of hydrogen-bond donors (Lipinski definition) is 3. The van der Waals surface area contributed by atoms with Gasteiger partial charge in [-0.1, -0.05) is 24.3 Å². The first kappa shape index (κ1) is 22.7. The van der Waals surface area contributed by atoms with Crippen molar-refractivity contribution in [3.8, 4) is 10.4 Å². The Kier molecular flexibility index (Phi) is 6.28. The van der Waals surface area contributed by atoms with Gasteiger partial charge in [0.2, 0.25) is 9.84 Å². The third-order valence-electron chi connectivity index (χ3n) is 5.43. The molecular weight excluding hydrogens is 458 g/mol. The van der Waals surface area contributed by atoms with Crippen molar-refractivity contribution < 1.29 is 18.4 Å². The lowest BCUT2D eigenvalue weighted by molar-refractivity contribution is 0.0705. The Morgan fingerprint density at radius 3 is 2.52 bits per heavy atom. The number of benzene rings is 2. The van der Waals surface area contributed by atoms with Crippen molar-refractivity contribution in [3.05, 3.63) is 94.6 Å². The standard InChI is InChI=1S/C24H21N3O4S2/c1-15-19(12-16-4-2-10-26-14-16)20(24(28)27-29)13-22(23(15)25)33(30,31)18-8-6-17(7-9-18)21-5-3-11-32-21/h2-11,13-14,29H,12,25H2,1H3,(H,27,28). The molecule has 1 amide bonds. The molecule has 0 bridgehead atoms. The van der Waals surface area contributed by atoms with Crippen LogP contribution in [-0.4, -0.2) is 24.5 Å². The molecule has 168 valence electrons. The molecule has 0 aliphatic carbocycles. The maximum Gasteiger partial charge on any atom is 0.274 e. The van der Waals surface area contributed by atoms with Gasteiger partial charge in [-0.05, 0) is 64.9 Å². The fourth-order valence-electron chi connectivity index (χ4n) is 3.63. The molecule has 2 aromatic heterocycles. The second-order valence-electron chi connectivity index (χ2n) is 7.42. The molecular formula is C24H21N3O4S2. The van der Waals surface area contributed by atoms with Crippen LogP contribution in [0.4, 0.5) is 5.69 Å². The van der Waals surface area contributed by atoms with Crippen LogP contribution in [0.25, 0.3) is 10.4 Å². The quantitative estimate of drug-likeness (QED) is 0.216. The van der Waals surface area contributed by atoms with E-state index in [-0.39, 0.29) is 21.0 Å². The number of thiophene rings is 1. The second kappa shape index (κ2) is 9.14. The van der Waals surface area contributed by atoms with Crippen molar-refractivity contribution in [3.63, 3.8) is 0 Å². The Bertz CT molecular complexity index is 1400. The largest absolute Gasteiger partial charge is 0.397 e. The summed E-state index contributed by atoms with van der Waals surface area (Å²) < 4.78 is 26.9. The minimum atomic E-state index is -4.03. The maximum atomic E-state index is 13.5. The zero-order valence-electron chi connectivity index (χ0n) is 17.6. The number of nitrogen functional groups attached to an aromatic ring is 1. The number of carbonyl (C=O) groups is 1. The van der Waals surface area contributed by atoms with Gasteiger partial charge in [0.1, 0.15) is 0 Å². The van der Waals surface area contributed by atoms with E-state index >= 15 is 0 Å². The van der Waals surface area contributed by atoms with Gasteiger partial charge >= 0.3 is 0 Å². The number of rotatable bonds is 6. The number of nitrogens with one attached hydrogen (secondary N) is 1. The first-order valence-corrected chi connectivity index (χ1v) is 12.3. The fourth-order valence-corrected chi connectivity index (χ4v) is 5.83. The van der Waals surface area contributed by atoms with E-state index in [0.717, 1.165) is 16.0 Å². The molecule has 0 saturated heterocycles. The van der Waals surface area contributed by atoms with Crippen LogP contribution < -0.4 is 11.2 Å². The van der Waals surface area contributed by atoms with E-state index in [4.69, 9.17) is 5.73 Å². The van der Waals surface area contributed by atoms with Gasteiger partial charge in [0.15, 0.2) is 0 Å². The number of amides is 1. The Morgan fingerprint density at radius 1 is 1.15 bits per heavy atom. The van der Waals surface area contributed by atoms with E-state index in [1.807, 2.05) is 23.6 Å². The molecule has 9 heteroatoms. The Labute approximate surface area is 195 Å². The highest BCUT2D eigenvalue weighted by molar-refractivity contribution is 7.91. The summed E-state index contributed by atoms with van der Waals surface area (Å²) in [5, 5.41) is 11.2. The van der Waals surface area contributed by atoms with Crippen molar-refractivity contribution in [2.45, 2.75) is 23.1 Å². The number of nitrogens with two attached hydrogens (primary N) is 1. The smallest absolute Gasteiger partial charge is 0.274 e. The van der Waals surface area contributed by atoms with Crippen LogP contribution in [-0.2, 0) is 16.3 Å². The second-order valence-corrected chi connectivity index (χ2v) is 10.3. The molecule has 7 nitrogen and oxygen atoms in total. The van der Waals surface area contributed by atoms with Crippen LogP contribution in [0.2, 0.25) is 0 Å². The van der Waals surface area contributed by atoms with E-state index in [9.17, 15) is 18.4 Å². The van der Waals surface area contributed by atoms with Gasteiger partial charge in [0, 0.05) is 29.3 Å². The lowest BCUT2D eigenvalue weighted by Crippen LogP contribution is -2.22. The van der Waals surface area contributed by atoms with Crippen molar-refractivity contribution in [2.24, 2.45) is 0 Å². The number of carbonyl (C=O) groups excluding carboxylic acids is 1. The van der Waals surface area contributed by atoms with Crippen molar-refractivity contribution in [1.29, 1.82) is 0 Å². The highest BCUT2D eigenvalue weighted by Gasteiger charge is 2.27.